The maximum atomic E-state index is 12.5. The summed E-state index contributed by atoms with van der Waals surface area (Å²) in [6, 6.07) is 4.68. The highest BCUT2D eigenvalue weighted by Gasteiger charge is 2.30. The van der Waals surface area contributed by atoms with Crippen molar-refractivity contribution in [3.05, 3.63) is 44.8 Å². The van der Waals surface area contributed by atoms with Crippen LogP contribution in [0.3, 0.4) is 0 Å². The summed E-state index contributed by atoms with van der Waals surface area (Å²) >= 11 is 6.11. The van der Waals surface area contributed by atoms with Crippen LogP contribution in [0.25, 0.3) is 0 Å². The van der Waals surface area contributed by atoms with Gasteiger partial charge in [0.2, 0.25) is 0 Å². The van der Waals surface area contributed by atoms with Gasteiger partial charge in [-0.05, 0) is 49.1 Å². The van der Waals surface area contributed by atoms with Gasteiger partial charge < -0.3 is 10.1 Å². The SMILES string of the molecule is Cc1c(NS(=O)(=O)c2cccs2)cc2c(c1[N+](=O)[O-])NC(=S)OC(C)C2. The van der Waals surface area contributed by atoms with E-state index < -0.39 is 14.9 Å². The summed E-state index contributed by atoms with van der Waals surface area (Å²) in [5.74, 6) is 0. The Morgan fingerprint density at radius 1 is 1.50 bits per heavy atom. The van der Waals surface area contributed by atoms with Crippen molar-refractivity contribution in [1.29, 1.82) is 0 Å². The number of nitro groups is 1. The molecule has 2 heterocycles. The Bertz CT molecular complexity index is 986. The second-order valence-electron chi connectivity index (χ2n) is 5.77. The van der Waals surface area contributed by atoms with Crippen LogP contribution < -0.4 is 10.0 Å². The molecule has 11 heteroatoms. The number of nitro benzene ring substituents is 1. The third kappa shape index (κ3) is 3.50. The lowest BCUT2D eigenvalue weighted by atomic mass is 10.0. The predicted molar refractivity (Wildman–Crippen MR) is 103 cm³/mol. The Morgan fingerprint density at radius 2 is 2.23 bits per heavy atom. The van der Waals surface area contributed by atoms with Gasteiger partial charge in [-0.2, -0.15) is 0 Å². The summed E-state index contributed by atoms with van der Waals surface area (Å²) in [7, 11) is -3.83. The van der Waals surface area contributed by atoms with E-state index in [0.29, 0.717) is 12.0 Å². The molecule has 1 aromatic carbocycles. The maximum Gasteiger partial charge on any atom is 0.298 e. The molecule has 2 N–H and O–H groups in total. The molecule has 8 nitrogen and oxygen atoms in total. The molecular formula is C15H15N3O5S3. The van der Waals surface area contributed by atoms with E-state index >= 15 is 0 Å². The van der Waals surface area contributed by atoms with Crippen LogP contribution in [0.2, 0.25) is 0 Å². The zero-order chi connectivity index (χ0) is 19.1. The van der Waals surface area contributed by atoms with Gasteiger partial charge in [0.1, 0.15) is 16.0 Å². The molecule has 138 valence electrons. The summed E-state index contributed by atoms with van der Waals surface area (Å²) in [4.78, 5) is 11.1. The lowest BCUT2D eigenvalue weighted by Gasteiger charge is -2.15. The predicted octanol–water partition coefficient (Wildman–Crippen LogP) is 3.42. The van der Waals surface area contributed by atoms with Gasteiger partial charge in [-0.15, -0.1) is 11.3 Å². The number of thiophene rings is 1. The molecule has 1 unspecified atom stereocenters. The Balaban J connectivity index is 2.14. The zero-order valence-corrected chi connectivity index (χ0v) is 16.3. The molecule has 2 aromatic rings. The van der Waals surface area contributed by atoms with Crippen LogP contribution in [0.15, 0.2) is 27.8 Å². The normalized spacial score (nSPS) is 16.8. The molecule has 0 aliphatic carbocycles. The fourth-order valence-corrected chi connectivity index (χ4v) is 5.11. The van der Waals surface area contributed by atoms with Crippen molar-refractivity contribution in [2.75, 3.05) is 10.0 Å². The Morgan fingerprint density at radius 3 is 2.85 bits per heavy atom. The van der Waals surface area contributed by atoms with Gasteiger partial charge in [-0.1, -0.05) is 6.07 Å². The quantitative estimate of drug-likeness (QED) is 0.449. The lowest BCUT2D eigenvalue weighted by Crippen LogP contribution is -2.17. The molecule has 0 fully saturated rings. The smallest absolute Gasteiger partial charge is 0.298 e. The summed E-state index contributed by atoms with van der Waals surface area (Å²) < 4.78 is 33.0. The van der Waals surface area contributed by atoms with Crippen LogP contribution in [-0.4, -0.2) is 24.6 Å². The topological polar surface area (TPSA) is 111 Å². The first-order valence-corrected chi connectivity index (χ1v) is 10.3. The van der Waals surface area contributed by atoms with E-state index in [4.69, 9.17) is 17.0 Å². The maximum absolute atomic E-state index is 12.5. The molecule has 1 atom stereocenters. The number of ether oxygens (including phenoxy) is 1. The molecule has 0 bridgehead atoms. The number of nitrogens with one attached hydrogen (secondary N) is 2. The van der Waals surface area contributed by atoms with Crippen LogP contribution in [0, 0.1) is 17.0 Å². The monoisotopic (exact) mass is 413 g/mol. The van der Waals surface area contributed by atoms with E-state index in [2.05, 4.69) is 10.0 Å². The van der Waals surface area contributed by atoms with Gasteiger partial charge in [-0.3, -0.25) is 14.8 Å². The summed E-state index contributed by atoms with van der Waals surface area (Å²) in [5.41, 5.74) is 0.912. The standard InChI is InChI=1S/C15H15N3O5S3/c1-8-6-10-7-11(17-26(21,22)12-4-3-5-25-12)9(2)14(18(19)20)13(10)16-15(24)23-8/h3-5,7-8,17H,6H2,1-2H3,(H,16,24). The first kappa shape index (κ1) is 18.5. The van der Waals surface area contributed by atoms with Crippen molar-refractivity contribution in [2.45, 2.75) is 30.6 Å². The van der Waals surface area contributed by atoms with Crippen LogP contribution >= 0.6 is 23.6 Å². The summed E-state index contributed by atoms with van der Waals surface area (Å²) in [6.45, 7) is 3.27. The Kier molecular flexibility index (Phi) is 4.86. The van der Waals surface area contributed by atoms with E-state index in [0.717, 1.165) is 11.3 Å². The second-order valence-corrected chi connectivity index (χ2v) is 9.00. The Hall–Kier alpha value is -2.24. The van der Waals surface area contributed by atoms with Crippen LogP contribution in [0.1, 0.15) is 18.1 Å². The zero-order valence-electron chi connectivity index (χ0n) is 13.8. The van der Waals surface area contributed by atoms with E-state index in [1.54, 1.807) is 24.4 Å². The fraction of sp³-hybridized carbons (Fsp3) is 0.267. The number of hydrogen-bond donors (Lipinski definition) is 2. The second kappa shape index (κ2) is 6.82. The number of hydrogen-bond acceptors (Lipinski definition) is 7. The average Bonchev–Trinajstić information content (AvgIpc) is 3.02. The van der Waals surface area contributed by atoms with Crippen molar-refractivity contribution in [3.8, 4) is 0 Å². The van der Waals surface area contributed by atoms with Crippen LogP contribution in [-0.2, 0) is 21.2 Å². The number of fused-ring (bicyclic) bond motifs is 1. The molecular weight excluding hydrogens is 398 g/mol. The van der Waals surface area contributed by atoms with Crippen molar-refractivity contribution < 1.29 is 18.1 Å². The minimum absolute atomic E-state index is 0.0469. The van der Waals surface area contributed by atoms with Gasteiger partial charge in [0.05, 0.1) is 16.2 Å². The highest BCUT2D eigenvalue weighted by molar-refractivity contribution is 7.94. The van der Waals surface area contributed by atoms with E-state index in [1.807, 2.05) is 0 Å². The number of sulfonamides is 1. The van der Waals surface area contributed by atoms with Crippen LogP contribution in [0.4, 0.5) is 17.1 Å². The van der Waals surface area contributed by atoms with Crippen molar-refractivity contribution >= 4 is 55.8 Å². The van der Waals surface area contributed by atoms with E-state index in [1.165, 1.54) is 13.0 Å². The molecule has 0 amide bonds. The number of rotatable bonds is 4. The van der Waals surface area contributed by atoms with E-state index in [9.17, 15) is 18.5 Å². The van der Waals surface area contributed by atoms with Crippen molar-refractivity contribution in [3.63, 3.8) is 0 Å². The molecule has 0 radical (unpaired) electrons. The van der Waals surface area contributed by atoms with Gasteiger partial charge in [0.25, 0.3) is 20.9 Å². The number of anilines is 2. The number of benzene rings is 1. The third-order valence-corrected chi connectivity index (χ3v) is 6.83. The summed E-state index contributed by atoms with van der Waals surface area (Å²) in [6.07, 6.45) is 0.0393. The average molecular weight is 414 g/mol. The van der Waals surface area contributed by atoms with Crippen molar-refractivity contribution in [2.24, 2.45) is 0 Å². The third-order valence-electron chi connectivity index (χ3n) is 3.87. The van der Waals surface area contributed by atoms with Crippen LogP contribution in [0.5, 0.6) is 0 Å². The molecule has 1 aliphatic rings. The van der Waals surface area contributed by atoms with Gasteiger partial charge in [0.15, 0.2) is 0 Å². The molecule has 0 saturated carbocycles. The molecule has 0 saturated heterocycles. The van der Waals surface area contributed by atoms with Gasteiger partial charge in [0, 0.05) is 6.42 Å². The lowest BCUT2D eigenvalue weighted by molar-refractivity contribution is -0.384. The molecule has 26 heavy (non-hydrogen) atoms. The molecule has 0 spiro atoms. The summed E-state index contributed by atoms with van der Waals surface area (Å²) in [5, 5.41) is 16.1. The highest BCUT2D eigenvalue weighted by Crippen LogP contribution is 2.40. The largest absolute Gasteiger partial charge is 0.467 e. The van der Waals surface area contributed by atoms with Gasteiger partial charge >= 0.3 is 0 Å². The Labute approximate surface area is 159 Å². The van der Waals surface area contributed by atoms with Crippen molar-refractivity contribution in [1.82, 2.24) is 0 Å². The fourth-order valence-electron chi connectivity index (χ4n) is 2.73. The first-order valence-electron chi connectivity index (χ1n) is 7.54. The molecule has 3 rings (SSSR count). The highest BCUT2D eigenvalue weighted by atomic mass is 32.2. The van der Waals surface area contributed by atoms with E-state index in [-0.39, 0.29) is 38.1 Å². The number of thiocarbonyl (C=S) groups is 1. The molecule has 1 aliphatic heterocycles. The molecule has 1 aromatic heterocycles. The minimum atomic E-state index is -3.83. The van der Waals surface area contributed by atoms with Gasteiger partial charge in [-0.25, -0.2) is 8.42 Å². The number of nitrogens with zero attached hydrogens (tertiary/aromatic N) is 1. The minimum Gasteiger partial charge on any atom is -0.467 e. The first-order chi connectivity index (χ1) is 12.2.